The standard InChI is InChI=1S/C9H8ClN5O/c10-6-2-1-3-7(4-6)15-5-8(12-14-15)9(11)13-16/h1-5,16H,(H2,11,13). The fraction of sp³-hybridized carbons (Fsp3) is 0. The molecule has 3 N–H and O–H groups in total. The lowest BCUT2D eigenvalue weighted by Gasteiger charge is -1.99. The number of halogens is 1. The molecule has 0 aliphatic carbocycles. The van der Waals surface area contributed by atoms with Crippen LogP contribution in [0.15, 0.2) is 35.6 Å². The van der Waals surface area contributed by atoms with Crippen molar-refractivity contribution in [3.63, 3.8) is 0 Å². The Morgan fingerprint density at radius 2 is 2.31 bits per heavy atom. The van der Waals surface area contributed by atoms with E-state index in [0.717, 1.165) is 5.69 Å². The summed E-state index contributed by atoms with van der Waals surface area (Å²) in [6.45, 7) is 0. The van der Waals surface area contributed by atoms with Gasteiger partial charge in [-0.2, -0.15) is 0 Å². The molecule has 0 bridgehead atoms. The highest BCUT2D eigenvalue weighted by Crippen LogP contribution is 2.13. The molecule has 0 radical (unpaired) electrons. The SMILES string of the molecule is N/C(=N\O)c1cn(-c2cccc(Cl)c2)nn1. The van der Waals surface area contributed by atoms with Crippen LogP contribution in [0.5, 0.6) is 0 Å². The van der Waals surface area contributed by atoms with Crippen LogP contribution < -0.4 is 5.73 Å². The van der Waals surface area contributed by atoms with E-state index in [4.69, 9.17) is 22.5 Å². The van der Waals surface area contributed by atoms with Crippen molar-refractivity contribution in [2.75, 3.05) is 0 Å². The van der Waals surface area contributed by atoms with E-state index in [2.05, 4.69) is 15.5 Å². The zero-order valence-corrected chi connectivity index (χ0v) is 8.83. The van der Waals surface area contributed by atoms with Gasteiger partial charge < -0.3 is 10.9 Å². The fourth-order valence-electron chi connectivity index (χ4n) is 1.18. The molecule has 6 nitrogen and oxygen atoms in total. The van der Waals surface area contributed by atoms with Crippen LogP contribution in [-0.4, -0.2) is 26.0 Å². The molecule has 0 spiro atoms. The predicted octanol–water partition coefficient (Wildman–Crippen LogP) is 1.02. The van der Waals surface area contributed by atoms with Gasteiger partial charge in [-0.25, -0.2) is 4.68 Å². The number of oxime groups is 1. The Morgan fingerprint density at radius 1 is 1.50 bits per heavy atom. The van der Waals surface area contributed by atoms with Crippen molar-refractivity contribution < 1.29 is 5.21 Å². The average molecular weight is 238 g/mol. The first-order valence-electron chi connectivity index (χ1n) is 4.37. The fourth-order valence-corrected chi connectivity index (χ4v) is 1.36. The molecule has 82 valence electrons. The van der Waals surface area contributed by atoms with Gasteiger partial charge in [-0.15, -0.1) is 5.10 Å². The van der Waals surface area contributed by atoms with Crippen molar-refractivity contribution in [1.82, 2.24) is 15.0 Å². The van der Waals surface area contributed by atoms with Crippen LogP contribution in [0.3, 0.4) is 0 Å². The monoisotopic (exact) mass is 237 g/mol. The summed E-state index contributed by atoms with van der Waals surface area (Å²) < 4.78 is 1.49. The molecule has 0 fully saturated rings. The molecular formula is C9H8ClN5O. The van der Waals surface area contributed by atoms with Crippen LogP contribution in [0.1, 0.15) is 5.69 Å². The van der Waals surface area contributed by atoms with E-state index in [1.807, 2.05) is 6.07 Å². The minimum Gasteiger partial charge on any atom is -0.409 e. The second-order valence-electron chi connectivity index (χ2n) is 3.01. The van der Waals surface area contributed by atoms with Crippen LogP contribution in [0.4, 0.5) is 0 Å². The van der Waals surface area contributed by atoms with Gasteiger partial charge in [0.15, 0.2) is 11.5 Å². The summed E-state index contributed by atoms with van der Waals surface area (Å²) in [6.07, 6.45) is 1.54. The highest BCUT2D eigenvalue weighted by Gasteiger charge is 2.06. The second-order valence-corrected chi connectivity index (χ2v) is 3.45. The highest BCUT2D eigenvalue weighted by molar-refractivity contribution is 6.30. The maximum Gasteiger partial charge on any atom is 0.192 e. The van der Waals surface area contributed by atoms with E-state index >= 15 is 0 Å². The summed E-state index contributed by atoms with van der Waals surface area (Å²) in [6, 6.07) is 7.10. The zero-order valence-electron chi connectivity index (χ0n) is 8.08. The van der Waals surface area contributed by atoms with Crippen molar-refractivity contribution in [3.8, 4) is 5.69 Å². The van der Waals surface area contributed by atoms with Crippen molar-refractivity contribution in [2.24, 2.45) is 10.9 Å². The van der Waals surface area contributed by atoms with Crippen LogP contribution in [0.2, 0.25) is 5.02 Å². The van der Waals surface area contributed by atoms with Crippen molar-refractivity contribution >= 4 is 17.4 Å². The predicted molar refractivity (Wildman–Crippen MR) is 58.9 cm³/mol. The molecule has 2 aromatic rings. The van der Waals surface area contributed by atoms with Crippen molar-refractivity contribution in [1.29, 1.82) is 0 Å². The molecule has 0 aliphatic heterocycles. The highest BCUT2D eigenvalue weighted by atomic mass is 35.5. The zero-order chi connectivity index (χ0) is 11.5. The number of nitrogens with zero attached hydrogens (tertiary/aromatic N) is 4. The lowest BCUT2D eigenvalue weighted by Crippen LogP contribution is -2.13. The minimum atomic E-state index is -0.0896. The summed E-state index contributed by atoms with van der Waals surface area (Å²) >= 11 is 5.84. The number of nitrogens with two attached hydrogens (primary N) is 1. The van der Waals surface area contributed by atoms with E-state index in [9.17, 15) is 0 Å². The van der Waals surface area contributed by atoms with E-state index in [0.29, 0.717) is 10.7 Å². The summed E-state index contributed by atoms with van der Waals surface area (Å²) in [4.78, 5) is 0. The Kier molecular flexibility index (Phi) is 2.74. The third-order valence-corrected chi connectivity index (χ3v) is 2.17. The van der Waals surface area contributed by atoms with Crippen molar-refractivity contribution in [2.45, 2.75) is 0 Å². The number of hydrogen-bond donors (Lipinski definition) is 2. The molecule has 0 atom stereocenters. The lowest BCUT2D eigenvalue weighted by atomic mass is 10.3. The van der Waals surface area contributed by atoms with Crippen LogP contribution in [-0.2, 0) is 0 Å². The van der Waals surface area contributed by atoms with Crippen LogP contribution in [0.25, 0.3) is 5.69 Å². The van der Waals surface area contributed by atoms with Gasteiger partial charge in [-0.1, -0.05) is 28.0 Å². The number of hydrogen-bond acceptors (Lipinski definition) is 4. The third-order valence-electron chi connectivity index (χ3n) is 1.94. The average Bonchev–Trinajstić information content (AvgIpc) is 2.77. The quantitative estimate of drug-likeness (QED) is 0.353. The molecule has 16 heavy (non-hydrogen) atoms. The number of aromatic nitrogens is 3. The molecule has 0 saturated heterocycles. The molecular weight excluding hydrogens is 230 g/mol. The van der Waals surface area contributed by atoms with Gasteiger partial charge in [0.2, 0.25) is 0 Å². The molecule has 0 aliphatic rings. The Bertz CT molecular complexity index is 536. The number of rotatable bonds is 2. The Hall–Kier alpha value is -2.08. The van der Waals surface area contributed by atoms with E-state index in [1.165, 1.54) is 4.68 Å². The maximum atomic E-state index is 8.48. The summed E-state index contributed by atoms with van der Waals surface area (Å²) in [5, 5.41) is 19.5. The third kappa shape index (κ3) is 1.96. The largest absolute Gasteiger partial charge is 0.409 e. The summed E-state index contributed by atoms with van der Waals surface area (Å²) in [7, 11) is 0. The molecule has 0 saturated carbocycles. The first kappa shape index (κ1) is 10.4. The van der Waals surface area contributed by atoms with E-state index in [-0.39, 0.29) is 5.84 Å². The molecule has 1 aromatic carbocycles. The summed E-state index contributed by atoms with van der Waals surface area (Å²) in [5.41, 5.74) is 6.41. The maximum absolute atomic E-state index is 8.48. The Labute approximate surface area is 95.9 Å². The second kappa shape index (κ2) is 4.19. The number of amidine groups is 1. The van der Waals surface area contributed by atoms with Gasteiger partial charge in [-0.3, -0.25) is 0 Å². The first-order valence-corrected chi connectivity index (χ1v) is 4.74. The number of benzene rings is 1. The van der Waals surface area contributed by atoms with Gasteiger partial charge in [-0.05, 0) is 18.2 Å². The summed E-state index contributed by atoms with van der Waals surface area (Å²) in [5.74, 6) is -0.0896. The lowest BCUT2D eigenvalue weighted by molar-refractivity contribution is 0.318. The molecule has 7 heteroatoms. The van der Waals surface area contributed by atoms with Crippen molar-refractivity contribution in [3.05, 3.63) is 41.2 Å². The molecule has 0 amide bonds. The first-order chi connectivity index (χ1) is 7.70. The minimum absolute atomic E-state index is 0.0896. The van der Waals surface area contributed by atoms with Gasteiger partial charge in [0.25, 0.3) is 0 Å². The topological polar surface area (TPSA) is 89.3 Å². The smallest absolute Gasteiger partial charge is 0.192 e. The van der Waals surface area contributed by atoms with E-state index in [1.54, 1.807) is 24.4 Å². The molecule has 1 aromatic heterocycles. The normalized spacial score (nSPS) is 11.7. The molecule has 2 rings (SSSR count). The van der Waals surface area contributed by atoms with Crippen LogP contribution >= 0.6 is 11.6 Å². The van der Waals surface area contributed by atoms with Gasteiger partial charge in [0, 0.05) is 5.02 Å². The Balaban J connectivity index is 2.39. The van der Waals surface area contributed by atoms with Gasteiger partial charge in [0.1, 0.15) is 0 Å². The van der Waals surface area contributed by atoms with E-state index < -0.39 is 0 Å². The van der Waals surface area contributed by atoms with Gasteiger partial charge in [0.05, 0.1) is 11.9 Å². The van der Waals surface area contributed by atoms with Gasteiger partial charge >= 0.3 is 0 Å². The van der Waals surface area contributed by atoms with Crippen LogP contribution in [0, 0.1) is 0 Å². The molecule has 1 heterocycles. The molecule has 0 unspecified atom stereocenters. The Morgan fingerprint density at radius 3 is 3.00 bits per heavy atom.